The van der Waals surface area contributed by atoms with Gasteiger partial charge in [-0.05, 0) is 45.2 Å². The third-order valence-electron chi connectivity index (χ3n) is 3.12. The van der Waals surface area contributed by atoms with Crippen LogP contribution in [0.2, 0.25) is 5.02 Å². The molecule has 0 bridgehead atoms. The number of hydrogen-bond acceptors (Lipinski definition) is 3. The van der Waals surface area contributed by atoms with E-state index in [1.54, 1.807) is 0 Å². The van der Waals surface area contributed by atoms with Crippen LogP contribution in [0.5, 0.6) is 0 Å². The largest absolute Gasteiger partial charge is 0.360 e. The van der Waals surface area contributed by atoms with E-state index in [0.29, 0.717) is 12.5 Å². The van der Waals surface area contributed by atoms with Crippen molar-refractivity contribution in [3.63, 3.8) is 0 Å². The second-order valence-corrected chi connectivity index (χ2v) is 7.21. The van der Waals surface area contributed by atoms with Gasteiger partial charge in [0.25, 0.3) is 0 Å². The van der Waals surface area contributed by atoms with Crippen LogP contribution in [0.3, 0.4) is 0 Å². The van der Waals surface area contributed by atoms with E-state index in [9.17, 15) is 0 Å². The number of halogens is 1. The summed E-state index contributed by atoms with van der Waals surface area (Å²) >= 11 is 6.24. The van der Waals surface area contributed by atoms with Crippen LogP contribution >= 0.6 is 11.6 Å². The lowest BCUT2D eigenvalue weighted by Crippen LogP contribution is -2.35. The molecule has 0 atom stereocenters. The number of pyridine rings is 1. The minimum absolute atomic E-state index is 0.0601. The van der Waals surface area contributed by atoms with Gasteiger partial charge in [-0.3, -0.25) is 0 Å². The first-order valence-corrected chi connectivity index (χ1v) is 7.68. The Bertz CT molecular complexity index is 424. The van der Waals surface area contributed by atoms with Crippen molar-refractivity contribution in [2.45, 2.75) is 53.1 Å². The van der Waals surface area contributed by atoms with Crippen molar-refractivity contribution < 1.29 is 0 Å². The van der Waals surface area contributed by atoms with E-state index < -0.39 is 0 Å². The van der Waals surface area contributed by atoms with E-state index >= 15 is 0 Å². The van der Waals surface area contributed by atoms with E-state index in [4.69, 9.17) is 11.6 Å². The van der Waals surface area contributed by atoms with Crippen molar-refractivity contribution >= 4 is 17.4 Å². The molecule has 1 aromatic heterocycles. The maximum atomic E-state index is 6.24. The van der Waals surface area contributed by atoms with Crippen LogP contribution < -0.4 is 10.2 Å². The Morgan fingerprint density at radius 3 is 2.50 bits per heavy atom. The van der Waals surface area contributed by atoms with Crippen molar-refractivity contribution in [1.82, 2.24) is 10.3 Å². The standard InChI is InChI=1S/C16H28ClN3/c1-12(2)9-10-20(6)15-8-7-13(17)14(19-15)11-18-16(3,4)5/h7-8,12,18H,9-11H2,1-6H3. The minimum Gasteiger partial charge on any atom is -0.360 e. The van der Waals surface area contributed by atoms with Gasteiger partial charge in [0, 0.05) is 25.7 Å². The molecule has 0 aromatic carbocycles. The Balaban J connectivity index is 2.74. The van der Waals surface area contributed by atoms with E-state index in [2.05, 4.69) is 56.9 Å². The molecule has 1 heterocycles. The highest BCUT2D eigenvalue weighted by atomic mass is 35.5. The second kappa shape index (κ2) is 7.28. The summed E-state index contributed by atoms with van der Waals surface area (Å²) in [7, 11) is 2.08. The summed E-state index contributed by atoms with van der Waals surface area (Å²) in [6.07, 6.45) is 1.16. The molecule has 0 saturated heterocycles. The molecule has 0 unspecified atom stereocenters. The molecule has 0 aliphatic rings. The van der Waals surface area contributed by atoms with E-state index in [1.807, 2.05) is 12.1 Å². The molecule has 1 aromatic rings. The van der Waals surface area contributed by atoms with Crippen LogP contribution in [0.15, 0.2) is 12.1 Å². The molecule has 0 fully saturated rings. The smallest absolute Gasteiger partial charge is 0.128 e. The third kappa shape index (κ3) is 6.10. The molecule has 20 heavy (non-hydrogen) atoms. The fourth-order valence-corrected chi connectivity index (χ4v) is 1.90. The number of aromatic nitrogens is 1. The van der Waals surface area contributed by atoms with Crippen LogP contribution in [0.25, 0.3) is 0 Å². The quantitative estimate of drug-likeness (QED) is 0.856. The average molecular weight is 298 g/mol. The first-order chi connectivity index (χ1) is 9.19. The van der Waals surface area contributed by atoms with Crippen molar-refractivity contribution in [3.05, 3.63) is 22.8 Å². The lowest BCUT2D eigenvalue weighted by atomic mass is 10.1. The average Bonchev–Trinajstić information content (AvgIpc) is 2.33. The van der Waals surface area contributed by atoms with Crippen LogP contribution in [0.4, 0.5) is 5.82 Å². The Morgan fingerprint density at radius 1 is 1.30 bits per heavy atom. The van der Waals surface area contributed by atoms with Gasteiger partial charge in [0.05, 0.1) is 10.7 Å². The van der Waals surface area contributed by atoms with Gasteiger partial charge in [0.1, 0.15) is 5.82 Å². The predicted molar refractivity (Wildman–Crippen MR) is 88.6 cm³/mol. The van der Waals surface area contributed by atoms with E-state index in [1.165, 1.54) is 0 Å². The molecule has 3 nitrogen and oxygen atoms in total. The predicted octanol–water partition coefficient (Wildman–Crippen LogP) is 4.11. The van der Waals surface area contributed by atoms with Gasteiger partial charge < -0.3 is 10.2 Å². The number of nitrogens with zero attached hydrogens (tertiary/aromatic N) is 2. The molecule has 0 radical (unpaired) electrons. The molecule has 4 heteroatoms. The Kier molecular flexibility index (Phi) is 6.28. The molecule has 0 aliphatic carbocycles. The monoisotopic (exact) mass is 297 g/mol. The van der Waals surface area contributed by atoms with Crippen LogP contribution in [-0.2, 0) is 6.54 Å². The van der Waals surface area contributed by atoms with Crippen molar-refractivity contribution in [3.8, 4) is 0 Å². The van der Waals surface area contributed by atoms with E-state index in [-0.39, 0.29) is 5.54 Å². The molecule has 0 saturated carbocycles. The normalized spacial score (nSPS) is 12.0. The minimum atomic E-state index is 0.0601. The molecule has 0 amide bonds. The maximum Gasteiger partial charge on any atom is 0.128 e. The SMILES string of the molecule is CC(C)CCN(C)c1ccc(Cl)c(CNC(C)(C)C)n1. The summed E-state index contributed by atoms with van der Waals surface area (Å²) in [6.45, 7) is 12.6. The fourth-order valence-electron chi connectivity index (χ4n) is 1.72. The zero-order chi connectivity index (χ0) is 15.3. The van der Waals surface area contributed by atoms with Crippen LogP contribution in [-0.4, -0.2) is 24.1 Å². The van der Waals surface area contributed by atoms with Gasteiger partial charge in [0.15, 0.2) is 0 Å². The third-order valence-corrected chi connectivity index (χ3v) is 3.47. The van der Waals surface area contributed by atoms with Crippen LogP contribution in [0, 0.1) is 5.92 Å². The van der Waals surface area contributed by atoms with Gasteiger partial charge in [-0.1, -0.05) is 25.4 Å². The topological polar surface area (TPSA) is 28.2 Å². The molecule has 1 rings (SSSR count). The number of hydrogen-bond donors (Lipinski definition) is 1. The highest BCUT2D eigenvalue weighted by Crippen LogP contribution is 2.20. The van der Waals surface area contributed by atoms with Gasteiger partial charge in [-0.25, -0.2) is 4.98 Å². The summed E-state index contributed by atoms with van der Waals surface area (Å²) in [5.74, 6) is 1.69. The summed E-state index contributed by atoms with van der Waals surface area (Å²) in [5.41, 5.74) is 0.973. The fraction of sp³-hybridized carbons (Fsp3) is 0.688. The summed E-state index contributed by atoms with van der Waals surface area (Å²) < 4.78 is 0. The van der Waals surface area contributed by atoms with Crippen LogP contribution in [0.1, 0.15) is 46.7 Å². The number of anilines is 1. The first-order valence-electron chi connectivity index (χ1n) is 7.30. The van der Waals surface area contributed by atoms with Gasteiger partial charge in [0.2, 0.25) is 0 Å². The van der Waals surface area contributed by atoms with Gasteiger partial charge in [-0.2, -0.15) is 0 Å². The van der Waals surface area contributed by atoms with Crippen molar-refractivity contribution in [2.24, 2.45) is 5.92 Å². The molecule has 0 aliphatic heterocycles. The molecule has 1 N–H and O–H groups in total. The number of rotatable bonds is 6. The lowest BCUT2D eigenvalue weighted by molar-refractivity contribution is 0.421. The molecular weight excluding hydrogens is 270 g/mol. The molecule has 0 spiro atoms. The Morgan fingerprint density at radius 2 is 1.95 bits per heavy atom. The zero-order valence-corrected chi connectivity index (χ0v) is 14.4. The first kappa shape index (κ1) is 17.3. The lowest BCUT2D eigenvalue weighted by Gasteiger charge is -2.23. The highest BCUT2D eigenvalue weighted by molar-refractivity contribution is 6.31. The van der Waals surface area contributed by atoms with Gasteiger partial charge >= 0.3 is 0 Å². The molecule has 114 valence electrons. The van der Waals surface area contributed by atoms with Gasteiger partial charge in [-0.15, -0.1) is 0 Å². The Hall–Kier alpha value is -0.800. The second-order valence-electron chi connectivity index (χ2n) is 6.81. The summed E-state index contributed by atoms with van der Waals surface area (Å²) in [6, 6.07) is 3.93. The summed E-state index contributed by atoms with van der Waals surface area (Å²) in [5, 5.41) is 4.15. The van der Waals surface area contributed by atoms with Crippen molar-refractivity contribution in [2.75, 3.05) is 18.5 Å². The summed E-state index contributed by atoms with van der Waals surface area (Å²) in [4.78, 5) is 6.88. The molecular formula is C16H28ClN3. The van der Waals surface area contributed by atoms with E-state index in [0.717, 1.165) is 29.5 Å². The number of nitrogens with one attached hydrogen (secondary N) is 1. The highest BCUT2D eigenvalue weighted by Gasteiger charge is 2.12. The maximum absolute atomic E-state index is 6.24. The van der Waals surface area contributed by atoms with Crippen molar-refractivity contribution in [1.29, 1.82) is 0 Å². The zero-order valence-electron chi connectivity index (χ0n) is 13.6. The Labute approximate surface area is 128 Å².